The summed E-state index contributed by atoms with van der Waals surface area (Å²) in [5.41, 5.74) is 1.89. The fourth-order valence-corrected chi connectivity index (χ4v) is 0.213. The van der Waals surface area contributed by atoms with Crippen LogP contribution in [0.25, 0.3) is 0 Å². The Labute approximate surface area is 45.5 Å². The second kappa shape index (κ2) is 2.51. The van der Waals surface area contributed by atoms with Gasteiger partial charge in [0, 0.05) is 5.70 Å². The van der Waals surface area contributed by atoms with Crippen LogP contribution in [0.15, 0.2) is 24.4 Å². The molecule has 0 unspecified atom stereocenters. The van der Waals surface area contributed by atoms with E-state index in [1.165, 1.54) is 0 Å². The van der Waals surface area contributed by atoms with E-state index < -0.39 is 0 Å². The molecule has 0 aromatic carbocycles. The van der Waals surface area contributed by atoms with Crippen molar-refractivity contribution in [3.8, 4) is 0 Å². The molecule has 0 radical (unpaired) electrons. The highest BCUT2D eigenvalue weighted by Gasteiger charge is 1.83. The van der Waals surface area contributed by atoms with Crippen LogP contribution in [0.5, 0.6) is 0 Å². The quantitative estimate of drug-likeness (QED) is 0.382. The first-order valence-corrected chi connectivity index (χ1v) is 2.21. The van der Waals surface area contributed by atoms with E-state index >= 15 is 0 Å². The molecule has 0 aliphatic rings. The van der Waals surface area contributed by atoms with Gasteiger partial charge in [-0.05, 0) is 12.5 Å². The van der Waals surface area contributed by atoms with Gasteiger partial charge in [-0.1, -0.05) is 13.2 Å². The third kappa shape index (κ3) is 2.09. The Kier molecular flexibility index (Phi) is 2.27. The van der Waals surface area contributed by atoms with Crippen LogP contribution in [0, 0.1) is 0 Å². The van der Waals surface area contributed by atoms with Gasteiger partial charge in [0.15, 0.2) is 0 Å². The van der Waals surface area contributed by atoms with Crippen LogP contribution in [0.2, 0.25) is 0 Å². The molecule has 0 amide bonds. The second-order valence-electron chi connectivity index (χ2n) is 1.51. The summed E-state index contributed by atoms with van der Waals surface area (Å²) in [5.74, 6) is 0. The van der Waals surface area contributed by atoms with E-state index in [9.17, 15) is 0 Å². The molecule has 1 nitrogen and oxygen atoms in total. The summed E-state index contributed by atoms with van der Waals surface area (Å²) >= 11 is 0. The Bertz CT molecular complexity index is 96.3. The third-order valence-electron chi connectivity index (χ3n) is 0.817. The maximum atomic E-state index is 3.66. The number of nitrogens with one attached hydrogen (secondary N) is 1. The standard InChI is InChI=1S/C5H10BN/c1-4(2)5(3)7-6/h7H,1,3,6H2,2H3. The molecule has 0 aliphatic carbocycles. The molecule has 0 heterocycles. The summed E-state index contributed by atoms with van der Waals surface area (Å²) < 4.78 is 0. The van der Waals surface area contributed by atoms with Gasteiger partial charge in [-0.3, -0.25) is 0 Å². The molecule has 7 heavy (non-hydrogen) atoms. The molecular weight excluding hydrogens is 84.9 g/mol. The first-order valence-electron chi connectivity index (χ1n) is 2.21. The van der Waals surface area contributed by atoms with Gasteiger partial charge in [0.1, 0.15) is 0 Å². The Hall–Kier alpha value is -0.655. The molecule has 0 bridgehead atoms. The Balaban J connectivity index is 3.58. The monoisotopic (exact) mass is 95.1 g/mol. The fraction of sp³-hybridized carbons (Fsp3) is 0.200. The van der Waals surface area contributed by atoms with Crippen molar-refractivity contribution in [2.75, 3.05) is 0 Å². The maximum Gasteiger partial charge on any atom is 0.213 e. The first kappa shape index (κ1) is 6.34. The summed E-state index contributed by atoms with van der Waals surface area (Å²) in [4.78, 5) is 0. The van der Waals surface area contributed by atoms with E-state index in [2.05, 4.69) is 18.4 Å². The molecular formula is C5H10BN. The summed E-state index contributed by atoms with van der Waals surface area (Å²) in [6.45, 7) is 9.24. The molecule has 38 valence electrons. The van der Waals surface area contributed by atoms with E-state index in [1.54, 1.807) is 0 Å². The molecule has 0 rings (SSSR count). The van der Waals surface area contributed by atoms with Gasteiger partial charge in [-0.2, -0.15) is 0 Å². The lowest BCUT2D eigenvalue weighted by Crippen LogP contribution is -2.06. The van der Waals surface area contributed by atoms with Crippen molar-refractivity contribution < 1.29 is 0 Å². The number of hydrogen-bond donors (Lipinski definition) is 1. The molecule has 0 saturated carbocycles. The van der Waals surface area contributed by atoms with Gasteiger partial charge < -0.3 is 5.23 Å². The average molecular weight is 95.0 g/mol. The van der Waals surface area contributed by atoms with Crippen LogP contribution in [0.1, 0.15) is 6.92 Å². The summed E-state index contributed by atoms with van der Waals surface area (Å²) in [6.07, 6.45) is 0. The molecule has 0 aromatic heterocycles. The number of allylic oxidation sites excluding steroid dienone is 1. The molecule has 0 saturated heterocycles. The first-order chi connectivity index (χ1) is 3.18. The van der Waals surface area contributed by atoms with Gasteiger partial charge in [-0.15, -0.1) is 0 Å². The molecule has 0 aliphatic heterocycles. The van der Waals surface area contributed by atoms with Crippen molar-refractivity contribution in [3.63, 3.8) is 0 Å². The largest absolute Gasteiger partial charge is 0.435 e. The summed E-state index contributed by atoms with van der Waals surface area (Å²) in [6, 6.07) is 0. The third-order valence-corrected chi connectivity index (χ3v) is 0.817. The zero-order valence-corrected chi connectivity index (χ0v) is 4.91. The van der Waals surface area contributed by atoms with Crippen LogP contribution in [-0.2, 0) is 0 Å². The highest BCUT2D eigenvalue weighted by molar-refractivity contribution is 6.05. The molecule has 1 N–H and O–H groups in total. The maximum absolute atomic E-state index is 3.66. The lowest BCUT2D eigenvalue weighted by atomic mass is 10.2. The fourth-order valence-electron chi connectivity index (χ4n) is 0.213. The van der Waals surface area contributed by atoms with E-state index in [0.717, 1.165) is 11.3 Å². The molecule has 0 aromatic rings. The normalized spacial score (nSPS) is 7.57. The van der Waals surface area contributed by atoms with Gasteiger partial charge in [-0.25, -0.2) is 0 Å². The zero-order valence-electron chi connectivity index (χ0n) is 4.91. The topological polar surface area (TPSA) is 12.0 Å². The Morgan fingerprint density at radius 2 is 2.00 bits per heavy atom. The lowest BCUT2D eigenvalue weighted by molar-refractivity contribution is 1.21. The SMILES string of the molecule is BNC(=C)C(=C)C. The van der Waals surface area contributed by atoms with Crippen LogP contribution >= 0.6 is 0 Å². The van der Waals surface area contributed by atoms with Crippen molar-refractivity contribution in [2.24, 2.45) is 0 Å². The van der Waals surface area contributed by atoms with Gasteiger partial charge in [0.2, 0.25) is 7.98 Å². The molecule has 2 heteroatoms. The Morgan fingerprint density at radius 1 is 1.57 bits per heavy atom. The minimum Gasteiger partial charge on any atom is -0.435 e. The average Bonchev–Trinajstić information content (AvgIpc) is 1.65. The van der Waals surface area contributed by atoms with E-state index in [0.29, 0.717) is 0 Å². The van der Waals surface area contributed by atoms with Crippen molar-refractivity contribution in [1.29, 1.82) is 0 Å². The molecule has 0 spiro atoms. The Morgan fingerprint density at radius 3 is 2.00 bits per heavy atom. The van der Waals surface area contributed by atoms with Crippen molar-refractivity contribution >= 4 is 7.98 Å². The molecule has 0 fully saturated rings. The summed E-state index contributed by atoms with van der Waals surface area (Å²) in [5, 5.41) is 2.87. The minimum atomic E-state index is 0.903. The summed E-state index contributed by atoms with van der Waals surface area (Å²) in [7, 11) is 1.83. The smallest absolute Gasteiger partial charge is 0.213 e. The van der Waals surface area contributed by atoms with Gasteiger partial charge >= 0.3 is 0 Å². The van der Waals surface area contributed by atoms with Crippen molar-refractivity contribution in [3.05, 3.63) is 24.4 Å². The van der Waals surface area contributed by atoms with Gasteiger partial charge in [0.05, 0.1) is 0 Å². The number of rotatable bonds is 2. The zero-order chi connectivity index (χ0) is 5.86. The predicted octanol–water partition coefficient (Wildman–Crippen LogP) is 0.214. The van der Waals surface area contributed by atoms with Crippen molar-refractivity contribution in [1.82, 2.24) is 5.23 Å². The number of hydrogen-bond acceptors (Lipinski definition) is 1. The minimum absolute atomic E-state index is 0.903. The van der Waals surface area contributed by atoms with E-state index in [-0.39, 0.29) is 0 Å². The molecule has 0 atom stereocenters. The second-order valence-corrected chi connectivity index (χ2v) is 1.51. The highest BCUT2D eigenvalue weighted by Crippen LogP contribution is 1.94. The lowest BCUT2D eigenvalue weighted by Gasteiger charge is -1.99. The van der Waals surface area contributed by atoms with Crippen LogP contribution in [-0.4, -0.2) is 7.98 Å². The van der Waals surface area contributed by atoms with Crippen LogP contribution < -0.4 is 5.23 Å². The van der Waals surface area contributed by atoms with Crippen LogP contribution in [0.3, 0.4) is 0 Å². The van der Waals surface area contributed by atoms with E-state index in [4.69, 9.17) is 0 Å². The van der Waals surface area contributed by atoms with E-state index in [1.807, 2.05) is 14.9 Å². The van der Waals surface area contributed by atoms with Crippen LogP contribution in [0.4, 0.5) is 0 Å². The van der Waals surface area contributed by atoms with Gasteiger partial charge in [0.25, 0.3) is 0 Å². The highest BCUT2D eigenvalue weighted by atomic mass is 14.7. The van der Waals surface area contributed by atoms with Crippen molar-refractivity contribution in [2.45, 2.75) is 6.92 Å². The predicted molar refractivity (Wildman–Crippen MR) is 35.6 cm³/mol.